The number of nitrogens with one attached hydrogen (secondary N) is 2. The first kappa shape index (κ1) is 14.8. The van der Waals surface area contributed by atoms with E-state index in [2.05, 4.69) is 36.6 Å². The summed E-state index contributed by atoms with van der Waals surface area (Å²) in [6.45, 7) is 4.18. The van der Waals surface area contributed by atoms with Crippen LogP contribution in [0.4, 0.5) is 5.69 Å². The highest BCUT2D eigenvalue weighted by molar-refractivity contribution is 7.80. The first-order chi connectivity index (χ1) is 9.58. The van der Waals surface area contributed by atoms with Crippen LogP contribution in [-0.2, 0) is 0 Å². The summed E-state index contributed by atoms with van der Waals surface area (Å²) in [5.41, 5.74) is 3.28. The molecule has 0 fully saturated rings. The van der Waals surface area contributed by atoms with E-state index in [9.17, 15) is 0 Å². The molecule has 0 aliphatic carbocycles. The zero-order chi connectivity index (χ0) is 14.5. The van der Waals surface area contributed by atoms with Gasteiger partial charge in [-0.3, -0.25) is 0 Å². The summed E-state index contributed by atoms with van der Waals surface area (Å²) in [5, 5.41) is 7.61. The van der Waals surface area contributed by atoms with Crippen LogP contribution in [0.3, 0.4) is 0 Å². The van der Waals surface area contributed by atoms with Gasteiger partial charge in [0.2, 0.25) is 0 Å². The third-order valence-corrected chi connectivity index (χ3v) is 3.67. The highest BCUT2D eigenvalue weighted by Crippen LogP contribution is 2.21. The maximum Gasteiger partial charge on any atom is 0.171 e. The average Bonchev–Trinajstić information content (AvgIpc) is 2.41. The molecule has 2 aromatic rings. The summed E-state index contributed by atoms with van der Waals surface area (Å²) < 4.78 is 0. The maximum absolute atomic E-state index is 6.10. The van der Waals surface area contributed by atoms with E-state index < -0.39 is 0 Å². The summed E-state index contributed by atoms with van der Waals surface area (Å²) >= 11 is 11.4. The fraction of sp³-hybridized carbons (Fsp3) is 0.188. The van der Waals surface area contributed by atoms with Gasteiger partial charge >= 0.3 is 0 Å². The molecule has 0 aromatic heterocycles. The van der Waals surface area contributed by atoms with Crippen molar-refractivity contribution in [2.24, 2.45) is 0 Å². The lowest BCUT2D eigenvalue weighted by atomic mass is 10.0. The summed E-state index contributed by atoms with van der Waals surface area (Å²) in [6, 6.07) is 15.9. The van der Waals surface area contributed by atoms with Gasteiger partial charge in [-0.2, -0.15) is 0 Å². The van der Waals surface area contributed by atoms with Crippen molar-refractivity contribution in [1.29, 1.82) is 0 Å². The second kappa shape index (κ2) is 6.73. The smallest absolute Gasteiger partial charge is 0.171 e. The minimum absolute atomic E-state index is 0.138. The highest BCUT2D eigenvalue weighted by Gasteiger charge is 2.09. The zero-order valence-electron chi connectivity index (χ0n) is 11.5. The van der Waals surface area contributed by atoms with Gasteiger partial charge in [0.1, 0.15) is 0 Å². The van der Waals surface area contributed by atoms with Crippen LogP contribution >= 0.6 is 23.8 Å². The van der Waals surface area contributed by atoms with Crippen LogP contribution in [0.5, 0.6) is 0 Å². The Bertz CT molecular complexity index is 613. The fourth-order valence-corrected chi connectivity index (χ4v) is 2.54. The van der Waals surface area contributed by atoms with Crippen LogP contribution in [-0.4, -0.2) is 5.11 Å². The molecule has 0 saturated carbocycles. The molecule has 0 heterocycles. The second-order valence-corrected chi connectivity index (χ2v) is 5.47. The zero-order valence-corrected chi connectivity index (χ0v) is 13.1. The van der Waals surface area contributed by atoms with Gasteiger partial charge < -0.3 is 10.6 Å². The van der Waals surface area contributed by atoms with Crippen molar-refractivity contribution in [3.63, 3.8) is 0 Å². The molecule has 0 saturated heterocycles. The second-order valence-electron chi connectivity index (χ2n) is 4.66. The van der Waals surface area contributed by atoms with E-state index in [1.165, 1.54) is 11.1 Å². The highest BCUT2D eigenvalue weighted by atomic mass is 35.5. The van der Waals surface area contributed by atoms with Crippen LogP contribution in [0, 0.1) is 6.92 Å². The first-order valence-corrected chi connectivity index (χ1v) is 7.24. The number of anilines is 1. The van der Waals surface area contributed by atoms with E-state index in [0.717, 1.165) is 5.69 Å². The van der Waals surface area contributed by atoms with Crippen molar-refractivity contribution >= 4 is 34.6 Å². The summed E-state index contributed by atoms with van der Waals surface area (Å²) in [4.78, 5) is 0. The molecule has 2 N–H and O–H groups in total. The Morgan fingerprint density at radius 2 is 1.75 bits per heavy atom. The van der Waals surface area contributed by atoms with Crippen molar-refractivity contribution in [3.8, 4) is 0 Å². The van der Waals surface area contributed by atoms with E-state index in [1.807, 2.05) is 36.4 Å². The van der Waals surface area contributed by atoms with E-state index in [-0.39, 0.29) is 6.04 Å². The Kier molecular flexibility index (Phi) is 4.99. The van der Waals surface area contributed by atoms with Crippen LogP contribution in [0.25, 0.3) is 0 Å². The average molecular weight is 305 g/mol. The minimum Gasteiger partial charge on any atom is -0.356 e. The van der Waals surface area contributed by atoms with Gasteiger partial charge in [-0.15, -0.1) is 0 Å². The van der Waals surface area contributed by atoms with Crippen molar-refractivity contribution < 1.29 is 0 Å². The van der Waals surface area contributed by atoms with Gasteiger partial charge in [-0.25, -0.2) is 0 Å². The lowest BCUT2D eigenvalue weighted by Crippen LogP contribution is -2.31. The number of aryl methyl sites for hydroxylation is 1. The molecule has 0 unspecified atom stereocenters. The quantitative estimate of drug-likeness (QED) is 0.804. The van der Waals surface area contributed by atoms with Gasteiger partial charge in [0, 0.05) is 0 Å². The van der Waals surface area contributed by atoms with Gasteiger partial charge in [0.15, 0.2) is 5.11 Å². The molecule has 2 rings (SSSR count). The predicted octanol–water partition coefficient (Wildman–Crippen LogP) is 4.70. The van der Waals surface area contributed by atoms with Gasteiger partial charge in [0.05, 0.1) is 16.8 Å². The molecule has 0 aliphatic heterocycles. The van der Waals surface area contributed by atoms with E-state index in [0.29, 0.717) is 10.1 Å². The standard InChI is InChI=1S/C16H17ClN2S/c1-11-7-3-4-8-13(11)12(2)18-16(20)19-15-10-6-5-9-14(15)17/h3-10,12H,1-2H3,(H2,18,19,20)/t12-/m0/s1. The Balaban J connectivity index is 2.02. The molecule has 0 aliphatic rings. The topological polar surface area (TPSA) is 24.1 Å². The van der Waals surface area contributed by atoms with E-state index in [1.54, 1.807) is 0 Å². The van der Waals surface area contributed by atoms with E-state index in [4.69, 9.17) is 23.8 Å². The largest absolute Gasteiger partial charge is 0.356 e. The lowest BCUT2D eigenvalue weighted by Gasteiger charge is -2.19. The van der Waals surface area contributed by atoms with Crippen molar-refractivity contribution in [2.45, 2.75) is 19.9 Å². The molecule has 20 heavy (non-hydrogen) atoms. The number of para-hydroxylation sites is 1. The number of rotatable bonds is 3. The molecule has 0 spiro atoms. The van der Waals surface area contributed by atoms with Gasteiger partial charge in [-0.05, 0) is 49.3 Å². The number of benzene rings is 2. The van der Waals surface area contributed by atoms with Crippen LogP contribution in [0.1, 0.15) is 24.1 Å². The van der Waals surface area contributed by atoms with Gasteiger partial charge in [-0.1, -0.05) is 48.0 Å². The summed E-state index contributed by atoms with van der Waals surface area (Å²) in [5.74, 6) is 0. The SMILES string of the molecule is Cc1ccccc1[C@H](C)NC(=S)Nc1ccccc1Cl. The molecule has 2 nitrogen and oxygen atoms in total. The molecule has 0 amide bonds. The Morgan fingerprint density at radius 3 is 2.45 bits per heavy atom. The molecular weight excluding hydrogens is 288 g/mol. The van der Waals surface area contributed by atoms with Gasteiger partial charge in [0.25, 0.3) is 0 Å². The lowest BCUT2D eigenvalue weighted by molar-refractivity contribution is 0.717. The normalized spacial score (nSPS) is 11.8. The fourth-order valence-electron chi connectivity index (χ4n) is 2.07. The number of halogens is 1. The number of hydrogen-bond acceptors (Lipinski definition) is 1. The third kappa shape index (κ3) is 3.71. The predicted molar refractivity (Wildman–Crippen MR) is 90.4 cm³/mol. The minimum atomic E-state index is 0.138. The molecular formula is C16H17ClN2S. The Labute approximate surface area is 130 Å². The number of thiocarbonyl (C=S) groups is 1. The van der Waals surface area contributed by atoms with Crippen LogP contribution in [0.2, 0.25) is 5.02 Å². The summed E-state index contributed by atoms with van der Waals surface area (Å²) in [7, 11) is 0. The molecule has 0 radical (unpaired) electrons. The molecule has 4 heteroatoms. The van der Waals surface area contributed by atoms with Crippen LogP contribution in [0.15, 0.2) is 48.5 Å². The Morgan fingerprint density at radius 1 is 1.10 bits per heavy atom. The molecule has 104 valence electrons. The first-order valence-electron chi connectivity index (χ1n) is 6.45. The van der Waals surface area contributed by atoms with E-state index >= 15 is 0 Å². The van der Waals surface area contributed by atoms with Crippen molar-refractivity contribution in [2.75, 3.05) is 5.32 Å². The van der Waals surface area contributed by atoms with Crippen molar-refractivity contribution in [1.82, 2.24) is 5.32 Å². The Hall–Kier alpha value is -1.58. The molecule has 0 bridgehead atoms. The monoisotopic (exact) mass is 304 g/mol. The molecule has 2 aromatic carbocycles. The maximum atomic E-state index is 6.10. The molecule has 1 atom stereocenters. The van der Waals surface area contributed by atoms with Crippen LogP contribution < -0.4 is 10.6 Å². The summed E-state index contributed by atoms with van der Waals surface area (Å²) in [6.07, 6.45) is 0. The number of hydrogen-bond donors (Lipinski definition) is 2. The van der Waals surface area contributed by atoms with Crippen molar-refractivity contribution in [3.05, 3.63) is 64.7 Å². The third-order valence-electron chi connectivity index (χ3n) is 3.12.